The van der Waals surface area contributed by atoms with Crippen molar-refractivity contribution in [1.82, 2.24) is 14.7 Å². The molecule has 0 aliphatic carbocycles. The highest BCUT2D eigenvalue weighted by atomic mass is 35.5. The Labute approximate surface area is 238 Å². The largest absolute Gasteiger partial charge is 0.341 e. The maximum absolute atomic E-state index is 13.0. The number of hydrogen-bond acceptors (Lipinski definition) is 3. The third kappa shape index (κ3) is 9.17. The minimum Gasteiger partial charge on any atom is -0.341 e. The summed E-state index contributed by atoms with van der Waals surface area (Å²) in [5, 5.41) is 1.07. The molecule has 1 aliphatic rings. The van der Waals surface area contributed by atoms with E-state index in [9.17, 15) is 9.59 Å². The van der Waals surface area contributed by atoms with Gasteiger partial charge in [-0.3, -0.25) is 9.59 Å². The number of likely N-dealkylation sites (tertiary alicyclic amines) is 1. The van der Waals surface area contributed by atoms with E-state index in [0.29, 0.717) is 28.2 Å². The van der Waals surface area contributed by atoms with E-state index >= 15 is 0 Å². The number of likely N-dealkylation sites (N-methyl/N-ethyl adjacent to an activating group) is 1. The van der Waals surface area contributed by atoms with Crippen molar-refractivity contribution in [2.24, 2.45) is 0 Å². The molecule has 0 N–H and O–H groups in total. The lowest BCUT2D eigenvalue weighted by molar-refractivity contribution is -0.132. The van der Waals surface area contributed by atoms with Gasteiger partial charge in [0.05, 0.1) is 10.0 Å². The monoisotopic (exact) mass is 567 g/mol. The van der Waals surface area contributed by atoms with E-state index in [0.717, 1.165) is 63.8 Å². The summed E-state index contributed by atoms with van der Waals surface area (Å²) in [5.41, 5.74) is 1.78. The standard InChI is InChI=1S/C29H39Cl2N3O2.ClH/c1-4-5-16-34(22(2)35)26-14-18-33(19-15-26)17-13-25(24-11-12-27(30)28(31)20-24)21-32(3)29(36)23-9-7-6-8-10-23;/h6-12,20,25-26H,4-5,13-19,21H2,1-3H3;1H. The van der Waals surface area contributed by atoms with Crippen molar-refractivity contribution < 1.29 is 9.59 Å². The molecule has 0 aromatic heterocycles. The minimum atomic E-state index is 0. The summed E-state index contributed by atoms with van der Waals surface area (Å²) in [5.74, 6) is 0.332. The van der Waals surface area contributed by atoms with Crippen LogP contribution in [0.25, 0.3) is 0 Å². The third-order valence-corrected chi connectivity index (χ3v) is 7.96. The summed E-state index contributed by atoms with van der Waals surface area (Å²) in [6.45, 7) is 8.20. The van der Waals surface area contributed by atoms with E-state index in [4.69, 9.17) is 23.2 Å². The molecule has 2 aromatic carbocycles. The second-order valence-corrected chi connectivity index (χ2v) is 10.7. The van der Waals surface area contributed by atoms with E-state index in [1.807, 2.05) is 55.6 Å². The Morgan fingerprint density at radius 2 is 1.73 bits per heavy atom. The highest BCUT2D eigenvalue weighted by molar-refractivity contribution is 6.42. The quantitative estimate of drug-likeness (QED) is 0.300. The van der Waals surface area contributed by atoms with E-state index in [1.165, 1.54) is 0 Å². The zero-order chi connectivity index (χ0) is 26.1. The Morgan fingerprint density at radius 3 is 2.32 bits per heavy atom. The molecular formula is C29H40Cl3N3O2. The first-order chi connectivity index (χ1) is 17.3. The highest BCUT2D eigenvalue weighted by Crippen LogP contribution is 2.30. The first kappa shape index (κ1) is 31.4. The average molecular weight is 569 g/mol. The maximum Gasteiger partial charge on any atom is 0.253 e. The number of rotatable bonds is 11. The molecule has 5 nitrogen and oxygen atoms in total. The van der Waals surface area contributed by atoms with Crippen LogP contribution in [0, 0.1) is 0 Å². The number of carbonyl (C=O) groups excluding carboxylic acids is 2. The summed E-state index contributed by atoms with van der Waals surface area (Å²) in [7, 11) is 1.86. The van der Waals surface area contributed by atoms with Gasteiger partial charge in [0.1, 0.15) is 0 Å². The molecule has 1 saturated heterocycles. The van der Waals surface area contributed by atoms with Crippen molar-refractivity contribution in [1.29, 1.82) is 0 Å². The fourth-order valence-corrected chi connectivity index (χ4v) is 5.37. The Hall–Kier alpha value is -1.79. The Kier molecular flexibility index (Phi) is 13.2. The molecule has 204 valence electrons. The van der Waals surface area contributed by atoms with E-state index in [1.54, 1.807) is 11.8 Å². The van der Waals surface area contributed by atoms with Crippen LogP contribution in [0.5, 0.6) is 0 Å². The van der Waals surface area contributed by atoms with Crippen molar-refractivity contribution >= 4 is 47.4 Å². The predicted octanol–water partition coefficient (Wildman–Crippen LogP) is 6.77. The Balaban J connectivity index is 0.00000481. The van der Waals surface area contributed by atoms with Crippen molar-refractivity contribution in [2.75, 3.05) is 39.8 Å². The van der Waals surface area contributed by atoms with E-state index in [2.05, 4.69) is 16.7 Å². The van der Waals surface area contributed by atoms with Gasteiger partial charge in [-0.25, -0.2) is 0 Å². The van der Waals surface area contributed by atoms with Gasteiger partial charge in [-0.05, 0) is 62.1 Å². The van der Waals surface area contributed by atoms with Gasteiger partial charge < -0.3 is 14.7 Å². The molecule has 1 fully saturated rings. The van der Waals surface area contributed by atoms with Gasteiger partial charge in [0, 0.05) is 57.7 Å². The number of nitrogens with zero attached hydrogens (tertiary/aromatic N) is 3. The van der Waals surface area contributed by atoms with Gasteiger partial charge in [0.25, 0.3) is 5.91 Å². The SMILES string of the molecule is CCCCN(C(C)=O)C1CCN(CCC(CN(C)C(=O)c2ccccc2)c2ccc(Cl)c(Cl)c2)CC1.Cl. The normalized spacial score (nSPS) is 15.1. The number of unbranched alkanes of at least 4 members (excludes halogenated alkanes) is 1. The molecule has 0 radical (unpaired) electrons. The lowest BCUT2D eigenvalue weighted by Crippen LogP contribution is -2.47. The van der Waals surface area contributed by atoms with Crippen molar-refractivity contribution in [3.63, 3.8) is 0 Å². The van der Waals surface area contributed by atoms with E-state index in [-0.39, 0.29) is 30.1 Å². The summed E-state index contributed by atoms with van der Waals surface area (Å²) in [4.78, 5) is 31.5. The topological polar surface area (TPSA) is 43.9 Å². The van der Waals surface area contributed by atoms with Crippen LogP contribution in [0.1, 0.15) is 67.8 Å². The molecule has 1 aliphatic heterocycles. The van der Waals surface area contributed by atoms with Gasteiger partial charge in [-0.1, -0.05) is 60.8 Å². The minimum absolute atomic E-state index is 0. The van der Waals surface area contributed by atoms with Crippen LogP contribution in [0.2, 0.25) is 10.0 Å². The smallest absolute Gasteiger partial charge is 0.253 e. The molecular weight excluding hydrogens is 529 g/mol. The molecule has 3 rings (SSSR count). The maximum atomic E-state index is 13.0. The Bertz CT molecular complexity index is 997. The molecule has 2 amide bonds. The first-order valence-electron chi connectivity index (χ1n) is 13.0. The highest BCUT2D eigenvalue weighted by Gasteiger charge is 2.27. The van der Waals surface area contributed by atoms with Crippen LogP contribution in [-0.2, 0) is 4.79 Å². The van der Waals surface area contributed by atoms with Crippen LogP contribution in [-0.4, -0.2) is 72.3 Å². The number of carbonyl (C=O) groups is 2. The molecule has 1 unspecified atom stereocenters. The fraction of sp³-hybridized carbons (Fsp3) is 0.517. The van der Waals surface area contributed by atoms with Crippen LogP contribution < -0.4 is 0 Å². The number of halogens is 3. The number of piperidine rings is 1. The summed E-state index contributed by atoms with van der Waals surface area (Å²) >= 11 is 12.5. The Morgan fingerprint density at radius 1 is 1.05 bits per heavy atom. The lowest BCUT2D eigenvalue weighted by Gasteiger charge is -2.38. The van der Waals surface area contributed by atoms with Gasteiger partial charge in [-0.2, -0.15) is 0 Å². The van der Waals surface area contributed by atoms with Crippen molar-refractivity contribution in [3.05, 3.63) is 69.7 Å². The van der Waals surface area contributed by atoms with Crippen molar-refractivity contribution in [2.45, 2.75) is 57.9 Å². The summed E-state index contributed by atoms with van der Waals surface area (Å²) in [6, 6.07) is 15.5. The van der Waals surface area contributed by atoms with Crippen LogP contribution >= 0.6 is 35.6 Å². The molecule has 0 saturated carbocycles. The molecule has 2 aromatic rings. The van der Waals surface area contributed by atoms with Crippen molar-refractivity contribution in [3.8, 4) is 0 Å². The fourth-order valence-electron chi connectivity index (χ4n) is 5.06. The molecule has 8 heteroatoms. The van der Waals surface area contributed by atoms with Crippen LogP contribution in [0.3, 0.4) is 0 Å². The predicted molar refractivity (Wildman–Crippen MR) is 156 cm³/mol. The van der Waals surface area contributed by atoms with Gasteiger partial charge >= 0.3 is 0 Å². The zero-order valence-electron chi connectivity index (χ0n) is 22.2. The van der Waals surface area contributed by atoms with Gasteiger partial charge in [-0.15, -0.1) is 12.4 Å². The number of amides is 2. The summed E-state index contributed by atoms with van der Waals surface area (Å²) < 4.78 is 0. The second-order valence-electron chi connectivity index (χ2n) is 9.85. The molecule has 37 heavy (non-hydrogen) atoms. The van der Waals surface area contributed by atoms with Crippen LogP contribution in [0.4, 0.5) is 0 Å². The van der Waals surface area contributed by atoms with Gasteiger partial charge in [0.15, 0.2) is 0 Å². The second kappa shape index (κ2) is 15.6. The van der Waals surface area contributed by atoms with E-state index < -0.39 is 0 Å². The molecule has 0 bridgehead atoms. The van der Waals surface area contributed by atoms with Gasteiger partial charge in [0.2, 0.25) is 5.91 Å². The molecule has 0 spiro atoms. The molecule has 1 atom stereocenters. The molecule has 1 heterocycles. The zero-order valence-corrected chi connectivity index (χ0v) is 24.5. The average Bonchev–Trinajstić information content (AvgIpc) is 2.89. The third-order valence-electron chi connectivity index (χ3n) is 7.23. The lowest BCUT2D eigenvalue weighted by atomic mass is 9.93. The first-order valence-corrected chi connectivity index (χ1v) is 13.8. The van der Waals surface area contributed by atoms with Crippen LogP contribution in [0.15, 0.2) is 48.5 Å². The number of benzene rings is 2. The number of hydrogen-bond donors (Lipinski definition) is 0. The summed E-state index contributed by atoms with van der Waals surface area (Å²) in [6.07, 6.45) is 5.07.